The molecule has 1 aromatic heterocycles. The number of aliphatic hydroxyl groups excluding tert-OH is 2. The van der Waals surface area contributed by atoms with Crippen molar-refractivity contribution in [1.29, 1.82) is 0 Å². The molecule has 0 spiro atoms. The minimum atomic E-state index is -1.22. The van der Waals surface area contributed by atoms with Crippen molar-refractivity contribution < 1.29 is 20.1 Å². The van der Waals surface area contributed by atoms with Gasteiger partial charge in [-0.3, -0.25) is 0 Å². The highest BCUT2D eigenvalue weighted by Gasteiger charge is 2.20. The molecule has 0 radical (unpaired) electrons. The van der Waals surface area contributed by atoms with Gasteiger partial charge in [0.15, 0.2) is 0 Å². The van der Waals surface area contributed by atoms with Gasteiger partial charge in [0.1, 0.15) is 17.5 Å². The van der Waals surface area contributed by atoms with Crippen LogP contribution in [-0.2, 0) is 0 Å². The lowest BCUT2D eigenvalue weighted by atomic mass is 10.0. The van der Waals surface area contributed by atoms with E-state index in [0.717, 1.165) is 0 Å². The molecule has 6 nitrogen and oxygen atoms in total. The summed E-state index contributed by atoms with van der Waals surface area (Å²) in [4.78, 5) is 14.5. The summed E-state index contributed by atoms with van der Waals surface area (Å²) in [6, 6.07) is 1.22. The average Bonchev–Trinajstić information content (AvgIpc) is 2.28. The number of anilines is 1. The Morgan fingerprint density at radius 2 is 2.18 bits per heavy atom. The minimum absolute atomic E-state index is 0.122. The van der Waals surface area contributed by atoms with Crippen molar-refractivity contribution in [3.05, 3.63) is 23.4 Å². The van der Waals surface area contributed by atoms with Gasteiger partial charge in [-0.25, -0.2) is 9.78 Å². The van der Waals surface area contributed by atoms with Gasteiger partial charge in [0.05, 0.1) is 6.10 Å². The number of rotatable bonds is 5. The molecule has 1 heterocycles. The molecule has 0 aromatic carbocycles. The number of carbonyl (C=O) groups is 1. The van der Waals surface area contributed by atoms with Crippen LogP contribution in [0.15, 0.2) is 12.3 Å². The zero-order valence-corrected chi connectivity index (χ0v) is 10.5. The van der Waals surface area contributed by atoms with Crippen LogP contribution in [0.3, 0.4) is 0 Å². The molecule has 0 amide bonds. The maximum absolute atomic E-state index is 10.8. The number of pyridine rings is 1. The van der Waals surface area contributed by atoms with Crippen LogP contribution in [0.4, 0.5) is 5.82 Å². The SMILES string of the molecule is Nc1ncc(C(O)C(O)CCBr)cc1C(=O)O. The number of carboxylic acids is 1. The van der Waals surface area contributed by atoms with E-state index in [1.54, 1.807) is 0 Å². The van der Waals surface area contributed by atoms with E-state index < -0.39 is 18.2 Å². The lowest BCUT2D eigenvalue weighted by Gasteiger charge is -2.17. The molecule has 0 saturated carbocycles. The van der Waals surface area contributed by atoms with Gasteiger partial charge < -0.3 is 21.1 Å². The summed E-state index contributed by atoms with van der Waals surface area (Å²) in [5, 5.41) is 28.7. The zero-order valence-electron chi connectivity index (χ0n) is 8.88. The van der Waals surface area contributed by atoms with Gasteiger partial charge in [0.2, 0.25) is 0 Å². The second-order valence-corrected chi connectivity index (χ2v) is 4.29. The fraction of sp³-hybridized carbons (Fsp3) is 0.400. The van der Waals surface area contributed by atoms with E-state index in [-0.39, 0.29) is 16.9 Å². The first-order chi connectivity index (χ1) is 7.97. The molecule has 94 valence electrons. The molecule has 5 N–H and O–H groups in total. The topological polar surface area (TPSA) is 117 Å². The van der Waals surface area contributed by atoms with Gasteiger partial charge in [-0.05, 0) is 12.5 Å². The minimum Gasteiger partial charge on any atom is -0.478 e. The number of aliphatic hydroxyl groups is 2. The highest BCUT2D eigenvalue weighted by atomic mass is 79.9. The Balaban J connectivity index is 2.99. The van der Waals surface area contributed by atoms with Crippen LogP contribution >= 0.6 is 15.9 Å². The van der Waals surface area contributed by atoms with Crippen molar-refractivity contribution in [3.8, 4) is 0 Å². The number of halogens is 1. The first kappa shape index (κ1) is 13.9. The first-order valence-corrected chi connectivity index (χ1v) is 6.00. The monoisotopic (exact) mass is 304 g/mol. The summed E-state index contributed by atoms with van der Waals surface area (Å²) in [5.74, 6) is -1.34. The van der Waals surface area contributed by atoms with Crippen LogP contribution in [0.2, 0.25) is 0 Å². The van der Waals surface area contributed by atoms with Crippen molar-refractivity contribution in [1.82, 2.24) is 4.98 Å². The van der Waals surface area contributed by atoms with Crippen LogP contribution in [-0.4, -0.2) is 37.7 Å². The Morgan fingerprint density at radius 3 is 2.71 bits per heavy atom. The fourth-order valence-electron chi connectivity index (χ4n) is 1.32. The lowest BCUT2D eigenvalue weighted by molar-refractivity contribution is 0.0171. The van der Waals surface area contributed by atoms with E-state index in [2.05, 4.69) is 20.9 Å². The molecular formula is C10H13BrN2O4. The van der Waals surface area contributed by atoms with Crippen LogP contribution in [0.5, 0.6) is 0 Å². The highest BCUT2D eigenvalue weighted by molar-refractivity contribution is 9.09. The van der Waals surface area contributed by atoms with Crippen molar-refractivity contribution >= 4 is 27.7 Å². The van der Waals surface area contributed by atoms with E-state index in [1.165, 1.54) is 12.3 Å². The molecule has 0 aliphatic carbocycles. The Morgan fingerprint density at radius 1 is 1.53 bits per heavy atom. The Kier molecular flexibility index (Phi) is 4.86. The first-order valence-electron chi connectivity index (χ1n) is 4.88. The molecule has 0 bridgehead atoms. The van der Waals surface area contributed by atoms with Crippen molar-refractivity contribution in [3.63, 3.8) is 0 Å². The molecule has 0 fully saturated rings. The maximum Gasteiger partial charge on any atom is 0.339 e. The summed E-state index contributed by atoms with van der Waals surface area (Å²) >= 11 is 3.14. The fourth-order valence-corrected chi connectivity index (χ4v) is 1.79. The second kappa shape index (κ2) is 5.95. The largest absolute Gasteiger partial charge is 0.478 e. The number of hydrogen-bond acceptors (Lipinski definition) is 5. The second-order valence-electron chi connectivity index (χ2n) is 3.50. The van der Waals surface area contributed by atoms with Crippen LogP contribution in [0.25, 0.3) is 0 Å². The van der Waals surface area contributed by atoms with Gasteiger partial charge >= 0.3 is 5.97 Å². The summed E-state index contributed by atoms with van der Waals surface area (Å²) < 4.78 is 0. The third-order valence-corrected chi connectivity index (χ3v) is 2.74. The average molecular weight is 305 g/mol. The smallest absolute Gasteiger partial charge is 0.339 e. The normalized spacial score (nSPS) is 14.3. The molecular weight excluding hydrogens is 292 g/mol. The molecule has 1 aromatic rings. The predicted octanol–water partition coefficient (Wildman–Crippen LogP) is 0.541. The summed E-state index contributed by atoms with van der Waals surface area (Å²) in [7, 11) is 0. The van der Waals surface area contributed by atoms with Gasteiger partial charge in [-0.15, -0.1) is 0 Å². The van der Waals surface area contributed by atoms with E-state index >= 15 is 0 Å². The number of hydrogen-bond donors (Lipinski definition) is 4. The zero-order chi connectivity index (χ0) is 13.0. The molecule has 0 saturated heterocycles. The lowest BCUT2D eigenvalue weighted by Crippen LogP contribution is -2.19. The molecule has 1 rings (SSSR count). The van der Waals surface area contributed by atoms with E-state index in [0.29, 0.717) is 11.8 Å². The van der Waals surface area contributed by atoms with Crippen molar-refractivity contribution in [2.45, 2.75) is 18.6 Å². The number of nitrogen functional groups attached to an aromatic ring is 1. The molecule has 0 aliphatic heterocycles. The molecule has 0 aliphatic rings. The van der Waals surface area contributed by atoms with Crippen molar-refractivity contribution in [2.75, 3.05) is 11.1 Å². The third kappa shape index (κ3) is 3.39. The molecule has 7 heteroatoms. The standard InChI is InChI=1S/C10H13BrN2O4/c11-2-1-7(14)8(15)5-3-6(10(16)17)9(12)13-4-5/h3-4,7-8,14-15H,1-2H2,(H2,12,13)(H,16,17). The Labute approximate surface area is 106 Å². The van der Waals surface area contributed by atoms with Crippen LogP contribution < -0.4 is 5.73 Å². The van der Waals surface area contributed by atoms with Gasteiger partial charge in [0.25, 0.3) is 0 Å². The van der Waals surface area contributed by atoms with Gasteiger partial charge in [-0.1, -0.05) is 15.9 Å². The molecule has 2 unspecified atom stereocenters. The Hall–Kier alpha value is -1.18. The Bertz CT molecular complexity index is 413. The number of carboxylic acid groups (broad SMARTS) is 1. The van der Waals surface area contributed by atoms with E-state index in [4.69, 9.17) is 10.8 Å². The maximum atomic E-state index is 10.8. The number of nitrogens with two attached hydrogens (primary N) is 1. The van der Waals surface area contributed by atoms with Crippen LogP contribution in [0.1, 0.15) is 28.4 Å². The highest BCUT2D eigenvalue weighted by Crippen LogP contribution is 2.21. The summed E-state index contributed by atoms with van der Waals surface area (Å²) in [6.45, 7) is 0. The number of nitrogens with zero attached hydrogens (tertiary/aromatic N) is 1. The number of aromatic nitrogens is 1. The summed E-state index contributed by atoms with van der Waals surface area (Å²) in [5.41, 5.74) is 5.42. The molecule has 17 heavy (non-hydrogen) atoms. The van der Waals surface area contributed by atoms with Crippen molar-refractivity contribution in [2.24, 2.45) is 0 Å². The van der Waals surface area contributed by atoms with Gasteiger partial charge in [-0.2, -0.15) is 0 Å². The number of alkyl halides is 1. The quantitative estimate of drug-likeness (QED) is 0.590. The summed E-state index contributed by atoms with van der Waals surface area (Å²) in [6.07, 6.45) is -0.571. The predicted molar refractivity (Wildman–Crippen MR) is 65.0 cm³/mol. The van der Waals surface area contributed by atoms with Gasteiger partial charge in [0, 0.05) is 17.1 Å². The van der Waals surface area contributed by atoms with Crippen LogP contribution in [0, 0.1) is 0 Å². The third-order valence-electron chi connectivity index (χ3n) is 2.28. The molecule has 2 atom stereocenters. The van der Waals surface area contributed by atoms with E-state index in [9.17, 15) is 15.0 Å². The number of aromatic carboxylic acids is 1. The van der Waals surface area contributed by atoms with E-state index in [1.807, 2.05) is 0 Å².